The zero-order valence-corrected chi connectivity index (χ0v) is 42.2. The number of amidine groups is 1. The van der Waals surface area contributed by atoms with Crippen LogP contribution in [0.25, 0.3) is 39.4 Å². The Morgan fingerprint density at radius 2 is 1.34 bits per heavy atom. The number of allylic oxidation sites excluding steroid dienone is 7. The van der Waals surface area contributed by atoms with Crippen LogP contribution in [0.1, 0.15) is 121 Å². The molecule has 6 nitrogen and oxygen atoms in total. The number of benzene rings is 6. The van der Waals surface area contributed by atoms with Gasteiger partial charge in [-0.3, -0.25) is 5.41 Å². The largest absolute Gasteiger partial charge is 0.449 e. The third-order valence-electron chi connectivity index (χ3n) is 11.9. The fourth-order valence-corrected chi connectivity index (χ4v) is 8.74. The van der Waals surface area contributed by atoms with Crippen molar-refractivity contribution in [2.24, 2.45) is 11.5 Å². The predicted octanol–water partition coefficient (Wildman–Crippen LogP) is 16.7. The number of rotatable bonds is 7. The summed E-state index contributed by atoms with van der Waals surface area (Å²) in [5, 5.41) is 8.92. The van der Waals surface area contributed by atoms with E-state index in [-0.39, 0.29) is 11.3 Å². The van der Waals surface area contributed by atoms with E-state index in [0.717, 1.165) is 40.9 Å². The lowest BCUT2D eigenvalue weighted by Crippen LogP contribution is -2.11. The van der Waals surface area contributed by atoms with Crippen LogP contribution in [0.3, 0.4) is 0 Å². The molecule has 1 atom stereocenters. The van der Waals surface area contributed by atoms with Crippen molar-refractivity contribution in [3.63, 3.8) is 0 Å². The van der Waals surface area contributed by atoms with Crippen molar-refractivity contribution in [3.05, 3.63) is 209 Å². The Labute approximate surface area is 406 Å². The van der Waals surface area contributed by atoms with Crippen molar-refractivity contribution in [1.29, 1.82) is 5.41 Å². The summed E-state index contributed by atoms with van der Waals surface area (Å²) in [5.41, 5.74) is 24.3. The number of hydrogen-bond donors (Lipinski definition) is 3. The zero-order chi connectivity index (χ0) is 49.4. The van der Waals surface area contributed by atoms with E-state index in [2.05, 4.69) is 146 Å². The summed E-state index contributed by atoms with van der Waals surface area (Å²) < 4.78 is 15.2. The van der Waals surface area contributed by atoms with Crippen LogP contribution in [-0.4, -0.2) is 17.5 Å². The minimum Gasteiger partial charge on any atom is -0.449 e. The standard InChI is InChI=1S/C29H26N2O2.C26H23N.3C2H6.CH5N/c1-4-5-6-7-21-17-29(2,3)22-13-15-24-27(26(21)22)33-23-14-12-20(16-25(23)32-24)18-8-10-19(11-9-18)28(30)31;1-19(20-9-3-2-4-10-20)21-15-17-22(18-16-21)27-25-13-7-5-11-23(25)24-12-6-8-14-26(24)27;4*1-2/h4-17H,1-3H3,(H3,30,31);2-7,9-13,15-19H,8,14H2,1H3;3*1-2H3;2H2,1H3/b5-4-,7-6-;;;;;. The summed E-state index contributed by atoms with van der Waals surface area (Å²) in [5.74, 6) is 3.32. The van der Waals surface area contributed by atoms with E-state index in [1.807, 2.05) is 109 Å². The smallest absolute Gasteiger partial charge is 0.178 e. The molecule has 2 heterocycles. The highest BCUT2D eigenvalue weighted by atomic mass is 16.6. The second-order valence-electron chi connectivity index (χ2n) is 16.3. The maximum Gasteiger partial charge on any atom is 0.178 e. The van der Waals surface area contributed by atoms with E-state index >= 15 is 0 Å². The molecule has 0 saturated heterocycles. The fourth-order valence-electron chi connectivity index (χ4n) is 8.74. The second kappa shape index (κ2) is 24.6. The van der Waals surface area contributed by atoms with E-state index in [1.165, 1.54) is 51.6 Å². The van der Waals surface area contributed by atoms with Crippen LogP contribution in [0.2, 0.25) is 0 Å². The van der Waals surface area contributed by atoms with Gasteiger partial charge in [0.2, 0.25) is 0 Å². The van der Waals surface area contributed by atoms with Crippen LogP contribution < -0.4 is 20.9 Å². The number of ether oxygens (including phenoxy) is 2. The number of fused-ring (bicyclic) bond motifs is 7. The lowest BCUT2D eigenvalue weighted by atomic mass is 9.87. The average molecular weight is 905 g/mol. The van der Waals surface area contributed by atoms with Crippen LogP contribution in [-0.2, 0) is 11.8 Å². The van der Waals surface area contributed by atoms with Crippen LogP contribution in [0.4, 0.5) is 0 Å². The molecular weight excluding hydrogens is 833 g/mol. The highest BCUT2D eigenvalue weighted by molar-refractivity contribution is 5.95. The zero-order valence-electron chi connectivity index (χ0n) is 42.2. The first-order valence-electron chi connectivity index (χ1n) is 24.4. The van der Waals surface area contributed by atoms with Gasteiger partial charge in [0, 0.05) is 44.8 Å². The molecule has 1 aliphatic heterocycles. The molecule has 6 heteroatoms. The summed E-state index contributed by atoms with van der Waals surface area (Å²) in [4.78, 5) is 0. The summed E-state index contributed by atoms with van der Waals surface area (Å²) in [6, 6.07) is 46.3. The molecule has 6 aromatic carbocycles. The highest BCUT2D eigenvalue weighted by Gasteiger charge is 2.35. The molecule has 0 bridgehead atoms. The number of nitrogens with zero attached hydrogens (tertiary/aromatic N) is 1. The molecule has 1 aromatic heterocycles. The first-order chi connectivity index (χ1) is 33.2. The molecule has 0 radical (unpaired) electrons. The van der Waals surface area contributed by atoms with E-state index < -0.39 is 0 Å². The third-order valence-corrected chi connectivity index (χ3v) is 11.9. The molecule has 0 amide bonds. The Balaban J connectivity index is 0.000000225. The van der Waals surface area contributed by atoms with E-state index in [9.17, 15) is 0 Å². The molecule has 0 fully saturated rings. The van der Waals surface area contributed by atoms with Crippen LogP contribution >= 0.6 is 0 Å². The molecule has 0 saturated carbocycles. The van der Waals surface area contributed by atoms with Crippen LogP contribution in [0.15, 0.2) is 170 Å². The molecule has 7 aromatic rings. The summed E-state index contributed by atoms with van der Waals surface area (Å²) >= 11 is 0. The van der Waals surface area contributed by atoms with Crippen molar-refractivity contribution >= 4 is 28.4 Å². The number of nitrogen functional groups attached to an aromatic ring is 1. The topological polar surface area (TPSA) is 99.3 Å². The minimum atomic E-state index is -0.0838. The van der Waals surface area contributed by atoms with Gasteiger partial charge in [0.15, 0.2) is 23.0 Å². The van der Waals surface area contributed by atoms with E-state index in [4.69, 9.17) is 20.6 Å². The Bertz CT molecular complexity index is 2880. The number of nitrogens with one attached hydrogen (secondary N) is 1. The molecule has 1 unspecified atom stereocenters. The van der Waals surface area contributed by atoms with Crippen LogP contribution in [0.5, 0.6) is 23.0 Å². The summed E-state index contributed by atoms with van der Waals surface area (Å²) in [7, 11) is 1.50. The normalized spacial score (nSPS) is 13.5. The number of para-hydroxylation sites is 1. The summed E-state index contributed by atoms with van der Waals surface area (Å²) in [6.45, 7) is 20.7. The maximum atomic E-state index is 7.57. The van der Waals surface area contributed by atoms with Gasteiger partial charge in [-0.2, -0.15) is 0 Å². The van der Waals surface area contributed by atoms with Gasteiger partial charge in [-0.15, -0.1) is 0 Å². The molecular formula is C62H72N4O2. The van der Waals surface area contributed by atoms with Crippen molar-refractivity contribution in [2.75, 3.05) is 7.05 Å². The number of hydrogen-bond acceptors (Lipinski definition) is 4. The third kappa shape index (κ3) is 11.2. The van der Waals surface area contributed by atoms with Gasteiger partial charge in [0.25, 0.3) is 0 Å². The van der Waals surface area contributed by atoms with Gasteiger partial charge in [-0.05, 0) is 96.6 Å². The SMILES string of the molecule is C/C=C\C=C/C1=CC(C)(C)c2ccc3c(c21)Oc1ccc(-c2ccc(C(=N)N)cc2)cc1O3.CC.CC.CC.CC(c1ccccc1)c1ccc(-n2c3c(c4ccccc42)C=CCC3)cc1.CN. The van der Waals surface area contributed by atoms with Gasteiger partial charge >= 0.3 is 0 Å². The van der Waals surface area contributed by atoms with Gasteiger partial charge in [-0.1, -0.05) is 202 Å². The lowest BCUT2D eigenvalue weighted by molar-refractivity contribution is 0.358. The quantitative estimate of drug-likeness (QED) is 0.0843. The molecule has 2 aliphatic carbocycles. The molecule has 10 rings (SSSR count). The van der Waals surface area contributed by atoms with Crippen LogP contribution in [0, 0.1) is 5.41 Å². The van der Waals surface area contributed by atoms with Crippen molar-refractivity contribution in [2.45, 2.75) is 93.4 Å². The monoisotopic (exact) mass is 905 g/mol. The van der Waals surface area contributed by atoms with Gasteiger partial charge in [0.05, 0.1) is 5.52 Å². The molecule has 3 aliphatic rings. The number of aromatic nitrogens is 1. The molecule has 352 valence electrons. The Morgan fingerprint density at radius 1 is 0.706 bits per heavy atom. The molecule has 0 spiro atoms. The van der Waals surface area contributed by atoms with E-state index in [0.29, 0.717) is 28.7 Å². The van der Waals surface area contributed by atoms with Gasteiger partial charge < -0.3 is 25.5 Å². The minimum absolute atomic E-state index is 0.0602. The Morgan fingerprint density at radius 3 is 2.01 bits per heavy atom. The maximum absolute atomic E-state index is 7.57. The first kappa shape index (κ1) is 51.8. The second-order valence-corrected chi connectivity index (χ2v) is 16.3. The van der Waals surface area contributed by atoms with Crippen molar-refractivity contribution in [3.8, 4) is 39.8 Å². The average Bonchev–Trinajstić information content (AvgIpc) is 3.88. The van der Waals surface area contributed by atoms with Gasteiger partial charge in [-0.25, -0.2) is 0 Å². The summed E-state index contributed by atoms with van der Waals surface area (Å²) in [6.07, 6.45) is 17.3. The number of nitrogens with two attached hydrogens (primary N) is 2. The highest BCUT2D eigenvalue weighted by Crippen LogP contribution is 2.54. The molecule has 5 N–H and O–H groups in total. The molecule has 68 heavy (non-hydrogen) atoms. The van der Waals surface area contributed by atoms with Crippen molar-refractivity contribution in [1.82, 2.24) is 4.57 Å². The Kier molecular flexibility index (Phi) is 18.7. The van der Waals surface area contributed by atoms with Crippen molar-refractivity contribution < 1.29 is 9.47 Å². The predicted molar refractivity (Wildman–Crippen MR) is 293 cm³/mol. The Hall–Kier alpha value is -7.15. The first-order valence-corrected chi connectivity index (χ1v) is 24.4. The fraction of sp³-hybridized carbons (Fsp3) is 0.242. The lowest BCUT2D eigenvalue weighted by Gasteiger charge is -2.25. The van der Waals surface area contributed by atoms with E-state index in [1.54, 1.807) is 0 Å². The van der Waals surface area contributed by atoms with Gasteiger partial charge in [0.1, 0.15) is 5.84 Å².